The molecule has 2 aromatic rings. The van der Waals surface area contributed by atoms with Crippen LogP contribution in [-0.4, -0.2) is 11.0 Å². The summed E-state index contributed by atoms with van der Waals surface area (Å²) in [6, 6.07) is 13.4. The van der Waals surface area contributed by atoms with Crippen molar-refractivity contribution in [1.82, 2.24) is 5.32 Å². The SMILES string of the molecule is O=C(Cc1cccc(F)c1)NCc1cccc(CO)c1. The number of rotatable bonds is 5. The quantitative estimate of drug-likeness (QED) is 0.877. The van der Waals surface area contributed by atoms with Gasteiger partial charge in [0.25, 0.3) is 0 Å². The third-order valence-corrected chi connectivity index (χ3v) is 2.92. The first kappa shape index (κ1) is 14.2. The number of nitrogens with one attached hydrogen (secondary N) is 1. The molecule has 0 heterocycles. The average molecular weight is 273 g/mol. The second-order valence-corrected chi connectivity index (χ2v) is 4.56. The number of halogens is 1. The van der Waals surface area contributed by atoms with Crippen molar-refractivity contribution in [2.75, 3.05) is 0 Å². The molecule has 2 N–H and O–H groups in total. The van der Waals surface area contributed by atoms with Gasteiger partial charge >= 0.3 is 0 Å². The Hall–Kier alpha value is -2.20. The van der Waals surface area contributed by atoms with Crippen LogP contribution in [0.3, 0.4) is 0 Å². The molecule has 4 heteroatoms. The summed E-state index contributed by atoms with van der Waals surface area (Å²) in [7, 11) is 0. The molecular weight excluding hydrogens is 257 g/mol. The second-order valence-electron chi connectivity index (χ2n) is 4.56. The van der Waals surface area contributed by atoms with Gasteiger partial charge in [-0.05, 0) is 28.8 Å². The molecular formula is C16H16FNO2. The third-order valence-electron chi connectivity index (χ3n) is 2.92. The van der Waals surface area contributed by atoms with E-state index in [0.29, 0.717) is 12.1 Å². The molecule has 1 amide bonds. The summed E-state index contributed by atoms with van der Waals surface area (Å²) in [5.74, 6) is -0.504. The van der Waals surface area contributed by atoms with Gasteiger partial charge in [0.1, 0.15) is 5.82 Å². The van der Waals surface area contributed by atoms with Gasteiger partial charge in [0.2, 0.25) is 5.91 Å². The molecule has 3 nitrogen and oxygen atoms in total. The maximum atomic E-state index is 13.0. The molecule has 0 aliphatic carbocycles. The molecule has 0 radical (unpaired) electrons. The monoisotopic (exact) mass is 273 g/mol. The van der Waals surface area contributed by atoms with Crippen molar-refractivity contribution < 1.29 is 14.3 Å². The molecule has 0 bridgehead atoms. The van der Waals surface area contributed by atoms with Gasteiger partial charge in [-0.2, -0.15) is 0 Å². The maximum Gasteiger partial charge on any atom is 0.224 e. The minimum atomic E-state index is -0.342. The number of carbonyl (C=O) groups is 1. The molecule has 0 saturated heterocycles. The number of aliphatic hydroxyl groups excluding tert-OH is 1. The molecule has 0 aliphatic heterocycles. The van der Waals surface area contributed by atoms with Crippen LogP contribution in [0, 0.1) is 5.82 Å². The summed E-state index contributed by atoms with van der Waals surface area (Å²) in [5.41, 5.74) is 2.37. The van der Waals surface area contributed by atoms with E-state index in [1.807, 2.05) is 24.3 Å². The number of carbonyl (C=O) groups excluding carboxylic acids is 1. The Morgan fingerprint density at radius 2 is 1.75 bits per heavy atom. The molecule has 2 aromatic carbocycles. The van der Waals surface area contributed by atoms with Crippen molar-refractivity contribution in [3.8, 4) is 0 Å². The molecule has 104 valence electrons. The largest absolute Gasteiger partial charge is 0.392 e. The van der Waals surface area contributed by atoms with E-state index in [4.69, 9.17) is 5.11 Å². The topological polar surface area (TPSA) is 49.3 Å². The lowest BCUT2D eigenvalue weighted by molar-refractivity contribution is -0.120. The highest BCUT2D eigenvalue weighted by Gasteiger charge is 2.04. The summed E-state index contributed by atoms with van der Waals surface area (Å²) in [4.78, 5) is 11.8. The molecule has 0 aromatic heterocycles. The zero-order valence-electron chi connectivity index (χ0n) is 11.0. The van der Waals surface area contributed by atoms with Gasteiger partial charge in [0, 0.05) is 6.54 Å². The Morgan fingerprint density at radius 3 is 2.50 bits per heavy atom. The van der Waals surface area contributed by atoms with Crippen LogP contribution in [-0.2, 0) is 24.4 Å². The zero-order valence-corrected chi connectivity index (χ0v) is 11.0. The van der Waals surface area contributed by atoms with Crippen molar-refractivity contribution in [2.24, 2.45) is 0 Å². The van der Waals surface area contributed by atoms with E-state index in [-0.39, 0.29) is 24.8 Å². The first-order valence-electron chi connectivity index (χ1n) is 6.37. The zero-order chi connectivity index (χ0) is 14.4. The number of benzene rings is 2. The van der Waals surface area contributed by atoms with Crippen molar-refractivity contribution >= 4 is 5.91 Å². The van der Waals surface area contributed by atoms with Crippen molar-refractivity contribution in [3.05, 3.63) is 71.0 Å². The van der Waals surface area contributed by atoms with Crippen molar-refractivity contribution in [3.63, 3.8) is 0 Å². The minimum Gasteiger partial charge on any atom is -0.392 e. The second kappa shape index (κ2) is 6.82. The Labute approximate surface area is 117 Å². The highest BCUT2D eigenvalue weighted by Crippen LogP contribution is 2.06. The molecule has 0 spiro atoms. The maximum absolute atomic E-state index is 13.0. The van der Waals surface area contributed by atoms with Crippen LogP contribution in [0.2, 0.25) is 0 Å². The van der Waals surface area contributed by atoms with Crippen LogP contribution in [0.25, 0.3) is 0 Å². The summed E-state index contributed by atoms with van der Waals surface area (Å²) in [6.45, 7) is 0.368. The summed E-state index contributed by atoms with van der Waals surface area (Å²) in [6.07, 6.45) is 0.150. The summed E-state index contributed by atoms with van der Waals surface area (Å²) in [5, 5.41) is 11.8. The van der Waals surface area contributed by atoms with E-state index in [9.17, 15) is 9.18 Å². The lowest BCUT2D eigenvalue weighted by atomic mass is 10.1. The Kier molecular flexibility index (Phi) is 4.85. The number of hydrogen-bond donors (Lipinski definition) is 2. The van der Waals surface area contributed by atoms with Crippen molar-refractivity contribution in [2.45, 2.75) is 19.6 Å². The van der Waals surface area contributed by atoms with Gasteiger partial charge in [0.15, 0.2) is 0 Å². The van der Waals surface area contributed by atoms with Gasteiger partial charge in [-0.15, -0.1) is 0 Å². The smallest absolute Gasteiger partial charge is 0.224 e. The van der Waals surface area contributed by atoms with Gasteiger partial charge in [-0.25, -0.2) is 4.39 Å². The first-order valence-corrected chi connectivity index (χ1v) is 6.37. The minimum absolute atomic E-state index is 0.0227. The molecule has 0 atom stereocenters. The van der Waals surface area contributed by atoms with E-state index < -0.39 is 0 Å². The van der Waals surface area contributed by atoms with Crippen LogP contribution in [0.4, 0.5) is 4.39 Å². The van der Waals surface area contributed by atoms with E-state index in [0.717, 1.165) is 11.1 Å². The molecule has 0 fully saturated rings. The fourth-order valence-corrected chi connectivity index (χ4v) is 1.93. The van der Waals surface area contributed by atoms with Gasteiger partial charge in [-0.1, -0.05) is 36.4 Å². The van der Waals surface area contributed by atoms with Crippen LogP contribution >= 0.6 is 0 Å². The van der Waals surface area contributed by atoms with Gasteiger partial charge in [0.05, 0.1) is 13.0 Å². The standard InChI is InChI=1S/C16H16FNO2/c17-15-6-2-3-12(8-15)9-16(20)18-10-13-4-1-5-14(7-13)11-19/h1-8,19H,9-11H2,(H,18,20). The highest BCUT2D eigenvalue weighted by atomic mass is 19.1. The fourth-order valence-electron chi connectivity index (χ4n) is 1.93. The van der Waals surface area contributed by atoms with Crippen LogP contribution < -0.4 is 5.32 Å². The number of aliphatic hydroxyl groups is 1. The molecule has 0 aliphatic rings. The lowest BCUT2D eigenvalue weighted by Crippen LogP contribution is -2.24. The molecule has 0 unspecified atom stereocenters. The summed E-state index contributed by atoms with van der Waals surface area (Å²) >= 11 is 0. The molecule has 2 rings (SSSR count). The van der Waals surface area contributed by atoms with E-state index in [1.54, 1.807) is 12.1 Å². The third kappa shape index (κ3) is 4.17. The molecule has 0 saturated carbocycles. The van der Waals surface area contributed by atoms with Crippen molar-refractivity contribution in [1.29, 1.82) is 0 Å². The van der Waals surface area contributed by atoms with Crippen LogP contribution in [0.15, 0.2) is 48.5 Å². The highest BCUT2D eigenvalue weighted by molar-refractivity contribution is 5.78. The van der Waals surface area contributed by atoms with E-state index >= 15 is 0 Å². The number of hydrogen-bond acceptors (Lipinski definition) is 2. The van der Waals surface area contributed by atoms with E-state index in [1.165, 1.54) is 12.1 Å². The average Bonchev–Trinajstić information content (AvgIpc) is 2.45. The summed E-state index contributed by atoms with van der Waals surface area (Å²) < 4.78 is 13.0. The van der Waals surface area contributed by atoms with Gasteiger partial charge < -0.3 is 10.4 Å². The van der Waals surface area contributed by atoms with Crippen LogP contribution in [0.5, 0.6) is 0 Å². The molecule has 20 heavy (non-hydrogen) atoms. The predicted octanol–water partition coefficient (Wildman–Crippen LogP) is 2.18. The predicted molar refractivity (Wildman–Crippen MR) is 74.3 cm³/mol. The number of amides is 1. The van der Waals surface area contributed by atoms with Crippen LogP contribution in [0.1, 0.15) is 16.7 Å². The van der Waals surface area contributed by atoms with E-state index in [2.05, 4.69) is 5.32 Å². The Balaban J connectivity index is 1.88. The normalized spacial score (nSPS) is 10.3. The Bertz CT molecular complexity index is 599. The van der Waals surface area contributed by atoms with Gasteiger partial charge in [-0.3, -0.25) is 4.79 Å². The lowest BCUT2D eigenvalue weighted by Gasteiger charge is -2.07. The fraction of sp³-hybridized carbons (Fsp3) is 0.188. The first-order chi connectivity index (χ1) is 9.67. The Morgan fingerprint density at radius 1 is 1.05 bits per heavy atom.